The molecule has 1 aliphatic rings. The zero-order valence-corrected chi connectivity index (χ0v) is 11.9. The van der Waals surface area contributed by atoms with Crippen molar-refractivity contribution in [1.29, 1.82) is 0 Å². The summed E-state index contributed by atoms with van der Waals surface area (Å²) in [4.78, 5) is 10.4. The van der Waals surface area contributed by atoms with E-state index in [1.54, 1.807) is 19.2 Å². The number of nitro benzene ring substituents is 1. The summed E-state index contributed by atoms with van der Waals surface area (Å²) in [6.45, 7) is 4.29. The molecule has 110 valence electrons. The lowest BCUT2D eigenvalue weighted by atomic mass is 9.98. The minimum Gasteiger partial charge on any atom is -0.383 e. The maximum absolute atomic E-state index is 10.7. The molecule has 0 radical (unpaired) electrons. The first kappa shape index (κ1) is 14.7. The number of ether oxygens (including phenoxy) is 1. The number of non-ortho nitro benzene ring substituents is 1. The van der Waals surface area contributed by atoms with E-state index in [9.17, 15) is 10.1 Å². The molecule has 1 saturated heterocycles. The van der Waals surface area contributed by atoms with Gasteiger partial charge < -0.3 is 15.4 Å². The van der Waals surface area contributed by atoms with Crippen molar-refractivity contribution in [1.82, 2.24) is 5.32 Å². The summed E-state index contributed by atoms with van der Waals surface area (Å²) in [5, 5.41) is 17.6. The number of benzene rings is 1. The first-order chi connectivity index (χ1) is 9.56. The second-order valence-electron chi connectivity index (χ2n) is 5.35. The van der Waals surface area contributed by atoms with Crippen LogP contribution in [-0.2, 0) is 4.74 Å². The molecule has 1 aromatic carbocycles. The Morgan fingerprint density at radius 3 is 2.90 bits per heavy atom. The van der Waals surface area contributed by atoms with E-state index in [2.05, 4.69) is 10.6 Å². The van der Waals surface area contributed by atoms with Gasteiger partial charge in [-0.15, -0.1) is 0 Å². The molecule has 6 heteroatoms. The average molecular weight is 279 g/mol. The van der Waals surface area contributed by atoms with Gasteiger partial charge in [-0.1, -0.05) is 0 Å². The van der Waals surface area contributed by atoms with E-state index >= 15 is 0 Å². The Hall–Kier alpha value is -1.66. The van der Waals surface area contributed by atoms with Gasteiger partial charge in [0.25, 0.3) is 5.69 Å². The topological polar surface area (TPSA) is 76.4 Å². The standard InChI is InChI=1S/C14H21N3O3/c1-11-8-12(17(18)19)4-5-13(11)15-9-14(10-20-2)6-3-7-16-14/h4-5,8,15-16H,3,6-7,9-10H2,1-2H3. The Bertz CT molecular complexity index is 485. The SMILES string of the molecule is COCC1(CNc2ccc([N+](=O)[O-])cc2C)CCCN1. The van der Waals surface area contributed by atoms with Gasteiger partial charge in [0.05, 0.1) is 17.1 Å². The first-order valence-corrected chi connectivity index (χ1v) is 6.79. The molecule has 1 unspecified atom stereocenters. The van der Waals surface area contributed by atoms with Gasteiger partial charge in [0.2, 0.25) is 0 Å². The van der Waals surface area contributed by atoms with Gasteiger partial charge in [-0.25, -0.2) is 0 Å². The number of rotatable bonds is 6. The van der Waals surface area contributed by atoms with Crippen molar-refractivity contribution in [2.24, 2.45) is 0 Å². The molecule has 0 saturated carbocycles. The number of nitro groups is 1. The Kier molecular flexibility index (Phi) is 4.57. The van der Waals surface area contributed by atoms with Crippen molar-refractivity contribution >= 4 is 11.4 Å². The number of hydrogen-bond acceptors (Lipinski definition) is 5. The zero-order chi connectivity index (χ0) is 14.6. The summed E-state index contributed by atoms with van der Waals surface area (Å²) in [7, 11) is 1.71. The van der Waals surface area contributed by atoms with Gasteiger partial charge >= 0.3 is 0 Å². The quantitative estimate of drug-likeness (QED) is 0.616. The van der Waals surface area contributed by atoms with E-state index in [1.807, 2.05) is 6.92 Å². The Morgan fingerprint density at radius 2 is 2.35 bits per heavy atom. The van der Waals surface area contributed by atoms with Gasteiger partial charge in [-0.05, 0) is 37.9 Å². The van der Waals surface area contributed by atoms with Crippen LogP contribution < -0.4 is 10.6 Å². The van der Waals surface area contributed by atoms with Crippen LogP contribution >= 0.6 is 0 Å². The Balaban J connectivity index is 2.04. The monoisotopic (exact) mass is 279 g/mol. The molecule has 1 fully saturated rings. The molecule has 0 bridgehead atoms. The van der Waals surface area contributed by atoms with Crippen LogP contribution in [0.25, 0.3) is 0 Å². The number of nitrogens with zero attached hydrogens (tertiary/aromatic N) is 1. The van der Waals surface area contributed by atoms with Gasteiger partial charge in [0, 0.05) is 31.5 Å². The second-order valence-corrected chi connectivity index (χ2v) is 5.35. The van der Waals surface area contributed by atoms with Crippen molar-refractivity contribution in [2.45, 2.75) is 25.3 Å². The molecule has 1 aliphatic heterocycles. The van der Waals surface area contributed by atoms with Crippen molar-refractivity contribution < 1.29 is 9.66 Å². The van der Waals surface area contributed by atoms with Crippen LogP contribution in [0.1, 0.15) is 18.4 Å². The average Bonchev–Trinajstić information content (AvgIpc) is 2.86. The summed E-state index contributed by atoms with van der Waals surface area (Å²) < 4.78 is 5.31. The summed E-state index contributed by atoms with van der Waals surface area (Å²) >= 11 is 0. The van der Waals surface area contributed by atoms with Gasteiger partial charge in [0.1, 0.15) is 0 Å². The van der Waals surface area contributed by atoms with E-state index in [-0.39, 0.29) is 16.1 Å². The maximum atomic E-state index is 10.7. The lowest BCUT2D eigenvalue weighted by molar-refractivity contribution is -0.384. The first-order valence-electron chi connectivity index (χ1n) is 6.79. The largest absolute Gasteiger partial charge is 0.383 e. The van der Waals surface area contributed by atoms with Crippen LogP contribution in [0, 0.1) is 17.0 Å². The molecule has 1 heterocycles. The highest BCUT2D eigenvalue weighted by Gasteiger charge is 2.33. The van der Waals surface area contributed by atoms with Crippen LogP contribution in [0.4, 0.5) is 11.4 Å². The van der Waals surface area contributed by atoms with Crippen LogP contribution in [0.15, 0.2) is 18.2 Å². The fourth-order valence-electron chi connectivity index (χ4n) is 2.69. The second kappa shape index (κ2) is 6.19. The van der Waals surface area contributed by atoms with E-state index in [4.69, 9.17) is 4.74 Å². The number of methoxy groups -OCH3 is 1. The summed E-state index contributed by atoms with van der Waals surface area (Å²) in [5.74, 6) is 0. The normalized spacial score (nSPS) is 21.9. The molecule has 0 aromatic heterocycles. The van der Waals surface area contributed by atoms with Crippen molar-refractivity contribution in [2.75, 3.05) is 32.1 Å². The molecule has 1 atom stereocenters. The van der Waals surface area contributed by atoms with Crippen molar-refractivity contribution in [3.63, 3.8) is 0 Å². The van der Waals surface area contributed by atoms with Gasteiger partial charge in [-0.2, -0.15) is 0 Å². The Labute approximate surface area is 118 Å². The number of aryl methyl sites for hydroxylation is 1. The zero-order valence-electron chi connectivity index (χ0n) is 11.9. The van der Waals surface area contributed by atoms with Crippen molar-refractivity contribution in [3.05, 3.63) is 33.9 Å². The Morgan fingerprint density at radius 1 is 1.55 bits per heavy atom. The van der Waals surface area contributed by atoms with Crippen LogP contribution in [0.3, 0.4) is 0 Å². The van der Waals surface area contributed by atoms with E-state index in [0.29, 0.717) is 6.61 Å². The molecule has 0 amide bonds. The molecule has 2 rings (SSSR count). The predicted octanol–water partition coefficient (Wildman–Crippen LogP) is 2.08. The smallest absolute Gasteiger partial charge is 0.269 e. The van der Waals surface area contributed by atoms with E-state index < -0.39 is 0 Å². The van der Waals surface area contributed by atoms with E-state index in [1.165, 1.54) is 6.07 Å². The summed E-state index contributed by atoms with van der Waals surface area (Å²) in [5.41, 5.74) is 1.89. The summed E-state index contributed by atoms with van der Waals surface area (Å²) in [6, 6.07) is 4.89. The molecule has 2 N–H and O–H groups in total. The van der Waals surface area contributed by atoms with Crippen LogP contribution in [0.2, 0.25) is 0 Å². The molecule has 1 aromatic rings. The number of anilines is 1. The molecule has 6 nitrogen and oxygen atoms in total. The lowest BCUT2D eigenvalue weighted by Crippen LogP contribution is -2.49. The predicted molar refractivity (Wildman–Crippen MR) is 78.2 cm³/mol. The summed E-state index contributed by atoms with van der Waals surface area (Å²) in [6.07, 6.45) is 2.21. The molecular weight excluding hydrogens is 258 g/mol. The van der Waals surface area contributed by atoms with Crippen molar-refractivity contribution in [3.8, 4) is 0 Å². The van der Waals surface area contributed by atoms with Gasteiger partial charge in [-0.3, -0.25) is 10.1 Å². The number of nitrogens with one attached hydrogen (secondary N) is 2. The van der Waals surface area contributed by atoms with E-state index in [0.717, 1.165) is 37.2 Å². The van der Waals surface area contributed by atoms with Crippen LogP contribution in [0.5, 0.6) is 0 Å². The highest BCUT2D eigenvalue weighted by atomic mass is 16.6. The molecule has 0 aliphatic carbocycles. The fraction of sp³-hybridized carbons (Fsp3) is 0.571. The third kappa shape index (κ3) is 3.26. The molecular formula is C14H21N3O3. The molecule has 0 spiro atoms. The van der Waals surface area contributed by atoms with Crippen LogP contribution in [-0.4, -0.2) is 37.3 Å². The highest BCUT2D eigenvalue weighted by molar-refractivity contribution is 5.55. The third-order valence-electron chi connectivity index (χ3n) is 3.79. The lowest BCUT2D eigenvalue weighted by Gasteiger charge is -2.29. The molecule has 20 heavy (non-hydrogen) atoms. The van der Waals surface area contributed by atoms with Gasteiger partial charge in [0.15, 0.2) is 0 Å². The number of hydrogen-bond donors (Lipinski definition) is 2. The third-order valence-corrected chi connectivity index (χ3v) is 3.79. The minimum atomic E-state index is -0.373. The minimum absolute atomic E-state index is 0.0387. The highest BCUT2D eigenvalue weighted by Crippen LogP contribution is 2.24. The maximum Gasteiger partial charge on any atom is 0.269 e. The fourth-order valence-corrected chi connectivity index (χ4v) is 2.69.